The maximum atomic E-state index is 10.6. The summed E-state index contributed by atoms with van der Waals surface area (Å²) in [6, 6.07) is 7.06. The fourth-order valence-electron chi connectivity index (χ4n) is 1.42. The van der Waals surface area contributed by atoms with Crippen molar-refractivity contribution in [2.75, 3.05) is 11.9 Å². The summed E-state index contributed by atoms with van der Waals surface area (Å²) >= 11 is 7.39. The van der Waals surface area contributed by atoms with E-state index in [-0.39, 0.29) is 5.56 Å². The molecule has 2 heterocycles. The van der Waals surface area contributed by atoms with E-state index in [1.165, 1.54) is 17.1 Å². The first-order valence-electron chi connectivity index (χ1n) is 5.32. The van der Waals surface area contributed by atoms with Gasteiger partial charge in [0, 0.05) is 17.6 Å². The molecule has 0 aromatic carbocycles. The van der Waals surface area contributed by atoms with Gasteiger partial charge in [0.05, 0.1) is 9.90 Å². The zero-order valence-electron chi connectivity index (χ0n) is 9.39. The molecule has 0 fully saturated rings. The third-order valence-corrected chi connectivity index (χ3v) is 3.61. The predicted molar refractivity (Wildman–Crippen MR) is 72.7 cm³/mol. The molecule has 4 nitrogen and oxygen atoms in total. The number of anilines is 1. The molecule has 2 rings (SSSR count). The Morgan fingerprint density at radius 1 is 1.39 bits per heavy atom. The number of nitrogens with zero attached hydrogens (tertiary/aromatic N) is 1. The molecule has 0 unspecified atom stereocenters. The van der Waals surface area contributed by atoms with Crippen LogP contribution in [0.1, 0.15) is 15.2 Å². The summed E-state index contributed by atoms with van der Waals surface area (Å²) in [4.78, 5) is 15.9. The summed E-state index contributed by atoms with van der Waals surface area (Å²) in [5, 5.41) is 11.9. The molecule has 2 N–H and O–H groups in total. The predicted octanol–water partition coefficient (Wildman–Crippen LogP) is 3.15. The van der Waals surface area contributed by atoms with Gasteiger partial charge in [0.25, 0.3) is 0 Å². The van der Waals surface area contributed by atoms with Gasteiger partial charge in [-0.05, 0) is 30.7 Å². The number of carbonyl (C=O) groups is 1. The van der Waals surface area contributed by atoms with Crippen LogP contribution in [0.2, 0.25) is 4.34 Å². The Morgan fingerprint density at radius 3 is 2.78 bits per heavy atom. The van der Waals surface area contributed by atoms with Crippen molar-refractivity contribution >= 4 is 34.7 Å². The van der Waals surface area contributed by atoms with Crippen molar-refractivity contribution in [3.63, 3.8) is 0 Å². The molecule has 0 aliphatic heterocycles. The zero-order chi connectivity index (χ0) is 13.0. The number of pyridine rings is 1. The van der Waals surface area contributed by atoms with Crippen molar-refractivity contribution in [2.45, 2.75) is 6.42 Å². The summed E-state index contributed by atoms with van der Waals surface area (Å²) in [7, 11) is 0. The summed E-state index contributed by atoms with van der Waals surface area (Å²) in [6.07, 6.45) is 2.20. The number of rotatable bonds is 5. The van der Waals surface area contributed by atoms with Crippen molar-refractivity contribution in [1.82, 2.24) is 4.98 Å². The van der Waals surface area contributed by atoms with Gasteiger partial charge < -0.3 is 10.4 Å². The van der Waals surface area contributed by atoms with Gasteiger partial charge in [-0.3, -0.25) is 0 Å². The van der Waals surface area contributed by atoms with Gasteiger partial charge in [-0.2, -0.15) is 0 Å². The highest BCUT2D eigenvalue weighted by Crippen LogP contribution is 2.21. The van der Waals surface area contributed by atoms with E-state index in [4.69, 9.17) is 16.7 Å². The molecule has 2 aromatic rings. The number of aromatic nitrogens is 1. The normalized spacial score (nSPS) is 10.3. The van der Waals surface area contributed by atoms with E-state index in [1.807, 2.05) is 12.1 Å². The van der Waals surface area contributed by atoms with Crippen LogP contribution < -0.4 is 5.32 Å². The summed E-state index contributed by atoms with van der Waals surface area (Å²) < 4.78 is 0.786. The first-order valence-corrected chi connectivity index (χ1v) is 6.52. The Morgan fingerprint density at radius 2 is 2.22 bits per heavy atom. The molecule has 0 aliphatic carbocycles. The molecular weight excluding hydrogens is 272 g/mol. The van der Waals surface area contributed by atoms with E-state index in [0.29, 0.717) is 5.82 Å². The number of thiophene rings is 1. The van der Waals surface area contributed by atoms with Crippen LogP contribution in [0.25, 0.3) is 0 Å². The smallest absolute Gasteiger partial charge is 0.337 e. The average molecular weight is 283 g/mol. The van der Waals surface area contributed by atoms with E-state index in [9.17, 15) is 4.79 Å². The molecule has 94 valence electrons. The maximum Gasteiger partial charge on any atom is 0.337 e. The lowest BCUT2D eigenvalue weighted by Crippen LogP contribution is -2.06. The Bertz CT molecular complexity index is 539. The number of nitrogens with one attached hydrogen (secondary N) is 1. The molecule has 18 heavy (non-hydrogen) atoms. The lowest BCUT2D eigenvalue weighted by molar-refractivity contribution is 0.0696. The van der Waals surface area contributed by atoms with Crippen LogP contribution in [0.15, 0.2) is 30.5 Å². The Balaban J connectivity index is 1.85. The van der Waals surface area contributed by atoms with Crippen LogP contribution in [0, 0.1) is 0 Å². The molecular formula is C12H11ClN2O2S. The van der Waals surface area contributed by atoms with Gasteiger partial charge in [0.1, 0.15) is 5.82 Å². The van der Waals surface area contributed by atoms with Gasteiger partial charge in [0.2, 0.25) is 0 Å². The highest BCUT2D eigenvalue weighted by Gasteiger charge is 2.03. The molecule has 0 amide bonds. The number of aromatic carboxylic acids is 1. The fourth-order valence-corrected chi connectivity index (χ4v) is 2.51. The van der Waals surface area contributed by atoms with E-state index >= 15 is 0 Å². The first-order chi connectivity index (χ1) is 8.65. The minimum Gasteiger partial charge on any atom is -0.478 e. The number of carboxylic acid groups (broad SMARTS) is 1. The molecule has 0 saturated carbocycles. The minimum absolute atomic E-state index is 0.186. The lowest BCUT2D eigenvalue weighted by Gasteiger charge is -2.04. The van der Waals surface area contributed by atoms with Crippen molar-refractivity contribution in [2.24, 2.45) is 0 Å². The van der Waals surface area contributed by atoms with Crippen LogP contribution in [0.5, 0.6) is 0 Å². The van der Waals surface area contributed by atoms with Crippen LogP contribution in [0.4, 0.5) is 5.82 Å². The van der Waals surface area contributed by atoms with Crippen molar-refractivity contribution in [1.29, 1.82) is 0 Å². The number of halogens is 1. The highest BCUT2D eigenvalue weighted by molar-refractivity contribution is 7.16. The quantitative estimate of drug-likeness (QED) is 0.884. The monoisotopic (exact) mass is 282 g/mol. The van der Waals surface area contributed by atoms with Crippen LogP contribution in [0.3, 0.4) is 0 Å². The van der Waals surface area contributed by atoms with Crippen LogP contribution in [-0.4, -0.2) is 22.6 Å². The molecule has 0 bridgehead atoms. The third kappa shape index (κ3) is 3.45. The van der Waals surface area contributed by atoms with Gasteiger partial charge >= 0.3 is 5.97 Å². The molecule has 6 heteroatoms. The van der Waals surface area contributed by atoms with Crippen molar-refractivity contribution in [3.05, 3.63) is 45.2 Å². The van der Waals surface area contributed by atoms with Crippen LogP contribution in [-0.2, 0) is 6.42 Å². The van der Waals surface area contributed by atoms with Crippen molar-refractivity contribution in [3.8, 4) is 0 Å². The minimum atomic E-state index is -0.970. The van der Waals surface area contributed by atoms with E-state index in [1.54, 1.807) is 17.4 Å². The first kappa shape index (κ1) is 12.9. The number of hydrogen-bond donors (Lipinski definition) is 2. The molecule has 0 spiro atoms. The maximum absolute atomic E-state index is 10.6. The second kappa shape index (κ2) is 5.84. The Kier molecular flexibility index (Phi) is 4.17. The number of carboxylic acids is 1. The largest absolute Gasteiger partial charge is 0.478 e. The van der Waals surface area contributed by atoms with Gasteiger partial charge in [0.15, 0.2) is 0 Å². The molecule has 2 aromatic heterocycles. The SMILES string of the molecule is O=C(O)c1ccc(NCCc2ccc(Cl)s2)nc1. The van der Waals surface area contributed by atoms with E-state index in [2.05, 4.69) is 10.3 Å². The van der Waals surface area contributed by atoms with Crippen LogP contribution >= 0.6 is 22.9 Å². The van der Waals surface area contributed by atoms with Gasteiger partial charge in [-0.25, -0.2) is 9.78 Å². The molecule has 0 saturated heterocycles. The second-order valence-electron chi connectivity index (χ2n) is 3.62. The summed E-state index contributed by atoms with van der Waals surface area (Å²) in [5.41, 5.74) is 0.186. The standard InChI is InChI=1S/C12H11ClN2O2S/c13-10-3-2-9(18-10)5-6-14-11-4-1-8(7-15-11)12(16)17/h1-4,7H,5-6H2,(H,14,15)(H,16,17). The Hall–Kier alpha value is -1.59. The molecule has 0 radical (unpaired) electrons. The summed E-state index contributed by atoms with van der Waals surface area (Å²) in [6.45, 7) is 0.732. The highest BCUT2D eigenvalue weighted by atomic mass is 35.5. The second-order valence-corrected chi connectivity index (χ2v) is 5.42. The average Bonchev–Trinajstić information content (AvgIpc) is 2.76. The van der Waals surface area contributed by atoms with Gasteiger partial charge in [-0.1, -0.05) is 11.6 Å². The van der Waals surface area contributed by atoms with Gasteiger partial charge in [-0.15, -0.1) is 11.3 Å². The molecule has 0 aliphatic rings. The summed E-state index contributed by atoms with van der Waals surface area (Å²) in [5.74, 6) is -0.301. The van der Waals surface area contributed by atoms with Crippen molar-refractivity contribution < 1.29 is 9.90 Å². The van der Waals surface area contributed by atoms with E-state index < -0.39 is 5.97 Å². The zero-order valence-corrected chi connectivity index (χ0v) is 11.0. The third-order valence-electron chi connectivity index (χ3n) is 2.32. The molecule has 0 atom stereocenters. The lowest BCUT2D eigenvalue weighted by atomic mass is 10.3. The topological polar surface area (TPSA) is 62.2 Å². The number of hydrogen-bond acceptors (Lipinski definition) is 4. The fraction of sp³-hybridized carbons (Fsp3) is 0.167. The Labute approximate surface area is 113 Å². The van der Waals surface area contributed by atoms with E-state index in [0.717, 1.165) is 17.3 Å².